The number of nitrogens with zero attached hydrogens (tertiary/aromatic N) is 1. The first-order valence-electron chi connectivity index (χ1n) is 9.58. The number of phenols is 1. The van der Waals surface area contributed by atoms with E-state index in [2.05, 4.69) is 18.0 Å². The summed E-state index contributed by atoms with van der Waals surface area (Å²) in [6.45, 7) is 4.22. The van der Waals surface area contributed by atoms with Crippen LogP contribution in [-0.2, 0) is 0 Å². The Kier molecular flexibility index (Phi) is 8.27. The predicted molar refractivity (Wildman–Crippen MR) is 109 cm³/mol. The Balaban J connectivity index is 1.83. The molecular weight excluding hydrogens is 330 g/mol. The van der Waals surface area contributed by atoms with E-state index in [9.17, 15) is 5.11 Å². The van der Waals surface area contributed by atoms with Gasteiger partial charge in [0.25, 0.3) is 0 Å². The van der Waals surface area contributed by atoms with Crippen molar-refractivity contribution in [2.75, 3.05) is 0 Å². The summed E-state index contributed by atoms with van der Waals surface area (Å²) in [4.78, 5) is 4.33. The van der Waals surface area contributed by atoms with Crippen molar-refractivity contribution < 1.29 is 5.11 Å². The van der Waals surface area contributed by atoms with E-state index in [1.54, 1.807) is 6.20 Å². The molecule has 0 amide bonds. The number of rotatable bonds is 10. The summed E-state index contributed by atoms with van der Waals surface area (Å²) in [6, 6.07) is 3.78. The normalized spacial score (nSPS) is 11.6. The molecule has 0 saturated heterocycles. The van der Waals surface area contributed by atoms with Gasteiger partial charge in [0, 0.05) is 17.1 Å². The fourth-order valence-electron chi connectivity index (χ4n) is 3.09. The molecule has 0 aliphatic heterocycles. The number of pyridine rings is 1. The van der Waals surface area contributed by atoms with E-state index < -0.39 is 0 Å². The van der Waals surface area contributed by atoms with Crippen LogP contribution in [-0.4, -0.2) is 10.1 Å². The molecule has 1 aromatic carbocycles. The summed E-state index contributed by atoms with van der Waals surface area (Å²) < 4.78 is 0. The van der Waals surface area contributed by atoms with Gasteiger partial charge in [-0.2, -0.15) is 0 Å². The zero-order valence-corrected chi connectivity index (χ0v) is 16.3. The van der Waals surface area contributed by atoms with Crippen LogP contribution in [0, 0.1) is 6.92 Å². The first kappa shape index (κ1) is 19.8. The smallest absolute Gasteiger partial charge is 0.149 e. The molecule has 0 aliphatic carbocycles. The molecule has 0 atom stereocenters. The van der Waals surface area contributed by atoms with Crippen molar-refractivity contribution in [3.05, 3.63) is 40.6 Å². The molecule has 0 radical (unpaired) electrons. The lowest BCUT2D eigenvalue weighted by Gasteiger charge is -2.07. The van der Waals surface area contributed by atoms with Gasteiger partial charge in [0.1, 0.15) is 11.3 Å². The van der Waals surface area contributed by atoms with Crippen LogP contribution in [0.5, 0.6) is 5.75 Å². The summed E-state index contributed by atoms with van der Waals surface area (Å²) in [7, 11) is 0. The minimum Gasteiger partial charge on any atom is -0.505 e. The van der Waals surface area contributed by atoms with Crippen molar-refractivity contribution in [2.24, 2.45) is 0 Å². The summed E-state index contributed by atoms with van der Waals surface area (Å²) in [6.07, 6.45) is 17.5. The molecular formula is C22H30ClNO. The van der Waals surface area contributed by atoms with Crippen molar-refractivity contribution in [2.45, 2.75) is 71.6 Å². The molecule has 0 spiro atoms. The van der Waals surface area contributed by atoms with Crippen molar-refractivity contribution >= 4 is 28.6 Å². The van der Waals surface area contributed by atoms with E-state index in [0.717, 1.165) is 22.9 Å². The van der Waals surface area contributed by atoms with E-state index in [1.165, 1.54) is 51.4 Å². The Morgan fingerprint density at radius 1 is 1.04 bits per heavy atom. The van der Waals surface area contributed by atoms with E-state index in [0.29, 0.717) is 10.5 Å². The minimum absolute atomic E-state index is 0.214. The third-order valence-electron chi connectivity index (χ3n) is 4.58. The Labute approximate surface area is 156 Å². The zero-order valence-electron chi connectivity index (χ0n) is 15.5. The van der Waals surface area contributed by atoms with Crippen LogP contribution in [0.25, 0.3) is 17.0 Å². The molecule has 0 aliphatic rings. The van der Waals surface area contributed by atoms with Gasteiger partial charge in [-0.15, -0.1) is 0 Å². The Hall–Kier alpha value is -1.54. The first-order chi connectivity index (χ1) is 12.1. The Morgan fingerprint density at radius 3 is 2.44 bits per heavy atom. The number of halogens is 1. The van der Waals surface area contributed by atoms with Gasteiger partial charge in [-0.05, 0) is 37.5 Å². The van der Waals surface area contributed by atoms with Gasteiger partial charge in [-0.1, -0.05) is 75.6 Å². The lowest BCUT2D eigenvalue weighted by molar-refractivity contribution is 0.479. The predicted octanol–water partition coefficient (Wildman–Crippen LogP) is 7.45. The van der Waals surface area contributed by atoms with Crippen LogP contribution in [0.15, 0.2) is 24.4 Å². The highest BCUT2D eigenvalue weighted by Crippen LogP contribution is 2.34. The standard InChI is InChI=1S/C22H30ClNO/c1-3-4-5-6-7-8-9-10-11-12-13-18-15-20(23)19-14-17(2)16-24-21(19)22(18)25/h12-16,25H,3-11H2,1-2H3/b13-12+. The van der Waals surface area contributed by atoms with Crippen molar-refractivity contribution in [1.82, 2.24) is 4.98 Å². The second-order valence-corrected chi connectivity index (χ2v) is 7.28. The highest BCUT2D eigenvalue weighted by Gasteiger charge is 2.10. The number of hydrogen-bond acceptors (Lipinski definition) is 2. The second kappa shape index (κ2) is 10.5. The molecule has 0 fully saturated rings. The fourth-order valence-corrected chi connectivity index (χ4v) is 3.35. The van der Waals surface area contributed by atoms with E-state index in [-0.39, 0.29) is 5.75 Å². The summed E-state index contributed by atoms with van der Waals surface area (Å²) >= 11 is 6.35. The molecule has 0 saturated carbocycles. The van der Waals surface area contributed by atoms with E-state index in [1.807, 2.05) is 25.1 Å². The first-order valence-corrected chi connectivity index (χ1v) is 9.95. The molecule has 1 heterocycles. The zero-order chi connectivity index (χ0) is 18.1. The van der Waals surface area contributed by atoms with E-state index in [4.69, 9.17) is 11.6 Å². The average molecular weight is 360 g/mol. The number of fused-ring (bicyclic) bond motifs is 1. The van der Waals surface area contributed by atoms with Gasteiger partial charge >= 0.3 is 0 Å². The average Bonchev–Trinajstić information content (AvgIpc) is 2.60. The number of aryl methyl sites for hydroxylation is 1. The highest BCUT2D eigenvalue weighted by molar-refractivity contribution is 6.35. The third kappa shape index (κ3) is 6.04. The molecule has 136 valence electrons. The van der Waals surface area contributed by atoms with Gasteiger partial charge < -0.3 is 5.11 Å². The highest BCUT2D eigenvalue weighted by atomic mass is 35.5. The largest absolute Gasteiger partial charge is 0.505 e. The molecule has 2 aromatic rings. The summed E-state index contributed by atoms with van der Waals surface area (Å²) in [5, 5.41) is 11.9. The number of unbranched alkanes of at least 4 members (excludes halogenated alkanes) is 8. The van der Waals surface area contributed by atoms with Crippen LogP contribution in [0.1, 0.15) is 75.8 Å². The number of aromatic hydroxyl groups is 1. The van der Waals surface area contributed by atoms with Gasteiger partial charge in [0.05, 0.1) is 5.02 Å². The van der Waals surface area contributed by atoms with Crippen LogP contribution in [0.4, 0.5) is 0 Å². The number of hydrogen-bond donors (Lipinski definition) is 1. The monoisotopic (exact) mass is 359 g/mol. The lowest BCUT2D eigenvalue weighted by atomic mass is 10.1. The van der Waals surface area contributed by atoms with Gasteiger partial charge in [-0.3, -0.25) is 4.98 Å². The molecule has 3 heteroatoms. The van der Waals surface area contributed by atoms with Crippen LogP contribution in [0.3, 0.4) is 0 Å². The van der Waals surface area contributed by atoms with Gasteiger partial charge in [0.2, 0.25) is 0 Å². The quantitative estimate of drug-likeness (QED) is 0.447. The molecule has 1 aromatic heterocycles. The van der Waals surface area contributed by atoms with Gasteiger partial charge in [0.15, 0.2) is 0 Å². The van der Waals surface area contributed by atoms with E-state index >= 15 is 0 Å². The maximum Gasteiger partial charge on any atom is 0.149 e. The topological polar surface area (TPSA) is 33.1 Å². The van der Waals surface area contributed by atoms with Crippen LogP contribution in [0.2, 0.25) is 5.02 Å². The molecule has 25 heavy (non-hydrogen) atoms. The minimum atomic E-state index is 0.214. The molecule has 0 bridgehead atoms. The number of phenolic OH excluding ortho intramolecular Hbond substituents is 1. The summed E-state index contributed by atoms with van der Waals surface area (Å²) in [5.74, 6) is 0.214. The molecule has 0 unspecified atom stereocenters. The lowest BCUT2D eigenvalue weighted by Crippen LogP contribution is -1.86. The van der Waals surface area contributed by atoms with Crippen molar-refractivity contribution in [3.63, 3.8) is 0 Å². The van der Waals surface area contributed by atoms with Crippen LogP contribution >= 0.6 is 11.6 Å². The summed E-state index contributed by atoms with van der Waals surface area (Å²) in [5.41, 5.74) is 2.35. The Morgan fingerprint density at radius 2 is 1.72 bits per heavy atom. The van der Waals surface area contributed by atoms with Crippen molar-refractivity contribution in [3.8, 4) is 5.75 Å². The number of benzene rings is 1. The number of aromatic nitrogens is 1. The number of allylic oxidation sites excluding steroid dienone is 1. The third-order valence-corrected chi connectivity index (χ3v) is 4.90. The maximum absolute atomic E-state index is 10.4. The van der Waals surface area contributed by atoms with Gasteiger partial charge in [-0.25, -0.2) is 0 Å². The maximum atomic E-state index is 10.4. The molecule has 2 nitrogen and oxygen atoms in total. The fraction of sp³-hybridized carbons (Fsp3) is 0.500. The van der Waals surface area contributed by atoms with Crippen LogP contribution < -0.4 is 0 Å². The second-order valence-electron chi connectivity index (χ2n) is 6.87. The molecule has 1 N–H and O–H groups in total. The van der Waals surface area contributed by atoms with Crippen molar-refractivity contribution in [1.29, 1.82) is 0 Å². The molecule has 2 rings (SSSR count). The SMILES string of the molecule is CCCCCCCCCC/C=C/c1cc(Cl)c2cc(C)cnc2c1O. The Bertz CT molecular complexity index is 709.